The number of benzene rings is 1. The first kappa shape index (κ1) is 11.8. The second-order valence-electron chi connectivity index (χ2n) is 3.24. The van der Waals surface area contributed by atoms with E-state index in [4.69, 9.17) is 16.9 Å². The molecule has 0 saturated carbocycles. The lowest BCUT2D eigenvalue weighted by Crippen LogP contribution is -1.98. The fourth-order valence-corrected chi connectivity index (χ4v) is 2.19. The highest BCUT2D eigenvalue weighted by Gasteiger charge is 2.03. The van der Waals surface area contributed by atoms with Crippen LogP contribution in [0.15, 0.2) is 24.4 Å². The van der Waals surface area contributed by atoms with Gasteiger partial charge in [-0.25, -0.2) is 9.37 Å². The van der Waals surface area contributed by atoms with Crippen LogP contribution in [0, 0.1) is 17.1 Å². The minimum absolute atomic E-state index is 0.0253. The summed E-state index contributed by atoms with van der Waals surface area (Å²) in [5.74, 6) is -0.515. The number of aromatic nitrogens is 1. The van der Waals surface area contributed by atoms with E-state index in [1.54, 1.807) is 18.3 Å². The molecule has 0 saturated heterocycles. The van der Waals surface area contributed by atoms with Gasteiger partial charge in [0.05, 0.1) is 12.1 Å². The van der Waals surface area contributed by atoms with Crippen LogP contribution in [0.4, 0.5) is 10.1 Å². The van der Waals surface area contributed by atoms with Gasteiger partial charge in [-0.2, -0.15) is 5.26 Å². The van der Waals surface area contributed by atoms with Crippen LogP contribution in [-0.2, 0) is 6.54 Å². The van der Waals surface area contributed by atoms with E-state index in [0.717, 1.165) is 4.88 Å². The molecule has 3 nitrogen and oxygen atoms in total. The van der Waals surface area contributed by atoms with E-state index in [9.17, 15) is 4.39 Å². The summed E-state index contributed by atoms with van der Waals surface area (Å²) in [4.78, 5) is 4.88. The maximum absolute atomic E-state index is 13.1. The zero-order valence-electron chi connectivity index (χ0n) is 8.58. The molecule has 0 fully saturated rings. The number of rotatable bonds is 3. The zero-order chi connectivity index (χ0) is 12.3. The molecule has 0 aliphatic heterocycles. The number of nitrogens with one attached hydrogen (secondary N) is 1. The van der Waals surface area contributed by atoms with E-state index >= 15 is 0 Å². The highest BCUT2D eigenvalue weighted by atomic mass is 35.5. The van der Waals surface area contributed by atoms with Gasteiger partial charge in [0.15, 0.2) is 4.47 Å². The summed E-state index contributed by atoms with van der Waals surface area (Å²) in [7, 11) is 0. The van der Waals surface area contributed by atoms with Crippen molar-refractivity contribution in [1.29, 1.82) is 5.26 Å². The van der Waals surface area contributed by atoms with Crippen LogP contribution < -0.4 is 5.32 Å². The summed E-state index contributed by atoms with van der Waals surface area (Å²) in [5.41, 5.74) is 0.713. The SMILES string of the molecule is N#Cc1cc(NCc2cnc(Cl)s2)ccc1F. The van der Waals surface area contributed by atoms with Gasteiger partial charge in [0.1, 0.15) is 11.9 Å². The van der Waals surface area contributed by atoms with Gasteiger partial charge in [-0.3, -0.25) is 0 Å². The first-order valence-corrected chi connectivity index (χ1v) is 5.92. The summed E-state index contributed by atoms with van der Waals surface area (Å²) >= 11 is 7.07. The second kappa shape index (κ2) is 5.13. The number of nitriles is 1. The smallest absolute Gasteiger partial charge is 0.183 e. The Morgan fingerprint density at radius 3 is 3.00 bits per heavy atom. The number of hydrogen-bond acceptors (Lipinski definition) is 4. The predicted octanol–water partition coefficient (Wildman–Crippen LogP) is 3.42. The van der Waals surface area contributed by atoms with Gasteiger partial charge in [-0.1, -0.05) is 11.6 Å². The maximum atomic E-state index is 13.1. The molecule has 17 heavy (non-hydrogen) atoms. The molecular weight excluding hydrogens is 261 g/mol. The lowest BCUT2D eigenvalue weighted by Gasteiger charge is -2.04. The summed E-state index contributed by atoms with van der Waals surface area (Å²) in [5, 5.41) is 11.8. The van der Waals surface area contributed by atoms with Crippen molar-refractivity contribution in [3.8, 4) is 6.07 Å². The van der Waals surface area contributed by atoms with Crippen molar-refractivity contribution in [1.82, 2.24) is 4.98 Å². The number of halogens is 2. The first-order valence-electron chi connectivity index (χ1n) is 4.73. The van der Waals surface area contributed by atoms with Gasteiger partial charge in [0.25, 0.3) is 0 Å². The molecule has 0 radical (unpaired) electrons. The molecular formula is C11H7ClFN3S. The van der Waals surface area contributed by atoms with Gasteiger partial charge in [0.2, 0.25) is 0 Å². The van der Waals surface area contributed by atoms with Gasteiger partial charge >= 0.3 is 0 Å². The monoisotopic (exact) mass is 267 g/mol. The van der Waals surface area contributed by atoms with Gasteiger partial charge < -0.3 is 5.32 Å². The van der Waals surface area contributed by atoms with Crippen molar-refractivity contribution in [3.63, 3.8) is 0 Å². The Hall–Kier alpha value is -1.64. The fourth-order valence-electron chi connectivity index (χ4n) is 1.28. The largest absolute Gasteiger partial charge is 0.380 e. The lowest BCUT2D eigenvalue weighted by molar-refractivity contribution is 0.624. The van der Waals surface area contributed by atoms with Gasteiger partial charge in [-0.05, 0) is 18.2 Å². The molecule has 0 bridgehead atoms. The van der Waals surface area contributed by atoms with Crippen molar-refractivity contribution in [2.75, 3.05) is 5.32 Å². The van der Waals surface area contributed by atoms with E-state index < -0.39 is 5.82 Å². The Labute approximate surface area is 106 Å². The standard InChI is InChI=1S/C11H7ClFN3S/c12-11-16-6-9(17-11)5-15-8-1-2-10(13)7(3-8)4-14/h1-3,6,15H,5H2. The third kappa shape index (κ3) is 2.93. The first-order chi connectivity index (χ1) is 8.19. The third-order valence-electron chi connectivity index (χ3n) is 2.08. The van der Waals surface area contributed by atoms with Crippen LogP contribution in [-0.4, -0.2) is 4.98 Å². The second-order valence-corrected chi connectivity index (χ2v) is 4.94. The lowest BCUT2D eigenvalue weighted by atomic mass is 10.2. The van der Waals surface area contributed by atoms with Crippen LogP contribution in [0.3, 0.4) is 0 Å². The number of nitrogens with zero attached hydrogens (tertiary/aromatic N) is 2. The number of anilines is 1. The van der Waals surface area contributed by atoms with Crippen LogP contribution in [0.25, 0.3) is 0 Å². The topological polar surface area (TPSA) is 48.7 Å². The third-order valence-corrected chi connectivity index (χ3v) is 3.19. The van der Waals surface area contributed by atoms with Gasteiger partial charge in [-0.15, -0.1) is 11.3 Å². The highest BCUT2D eigenvalue weighted by Crippen LogP contribution is 2.20. The summed E-state index contributed by atoms with van der Waals surface area (Å²) in [6, 6.07) is 6.11. The van der Waals surface area contributed by atoms with Crippen LogP contribution >= 0.6 is 22.9 Å². The van der Waals surface area contributed by atoms with Crippen molar-refractivity contribution < 1.29 is 4.39 Å². The molecule has 6 heteroatoms. The minimum atomic E-state index is -0.515. The molecule has 1 N–H and O–H groups in total. The zero-order valence-corrected chi connectivity index (χ0v) is 10.1. The molecule has 86 valence electrons. The Balaban J connectivity index is 2.07. The van der Waals surface area contributed by atoms with E-state index in [-0.39, 0.29) is 5.56 Å². The van der Waals surface area contributed by atoms with Crippen molar-refractivity contribution in [2.24, 2.45) is 0 Å². The Morgan fingerprint density at radius 2 is 2.35 bits per heavy atom. The Morgan fingerprint density at radius 1 is 1.53 bits per heavy atom. The van der Waals surface area contributed by atoms with E-state index in [1.807, 2.05) is 0 Å². The number of thiazole rings is 1. The average molecular weight is 268 g/mol. The summed E-state index contributed by atoms with van der Waals surface area (Å²) in [6.07, 6.45) is 1.68. The van der Waals surface area contributed by atoms with Crippen molar-refractivity contribution >= 4 is 28.6 Å². The number of hydrogen-bond donors (Lipinski definition) is 1. The van der Waals surface area contributed by atoms with Crippen LogP contribution in [0.2, 0.25) is 4.47 Å². The van der Waals surface area contributed by atoms with Crippen LogP contribution in [0.5, 0.6) is 0 Å². The summed E-state index contributed by atoms with van der Waals surface area (Å²) < 4.78 is 13.5. The molecule has 2 aromatic rings. The molecule has 1 aromatic heterocycles. The van der Waals surface area contributed by atoms with E-state index in [0.29, 0.717) is 16.7 Å². The van der Waals surface area contributed by atoms with Crippen LogP contribution in [0.1, 0.15) is 10.4 Å². The fraction of sp³-hybridized carbons (Fsp3) is 0.0909. The molecule has 0 spiro atoms. The van der Waals surface area contributed by atoms with Crippen molar-refractivity contribution in [3.05, 3.63) is 45.1 Å². The quantitative estimate of drug-likeness (QED) is 0.927. The Kier molecular flexibility index (Phi) is 3.57. The highest BCUT2D eigenvalue weighted by molar-refractivity contribution is 7.15. The molecule has 0 unspecified atom stereocenters. The maximum Gasteiger partial charge on any atom is 0.183 e. The molecule has 0 aliphatic rings. The molecule has 0 atom stereocenters. The van der Waals surface area contributed by atoms with E-state index in [1.165, 1.54) is 23.5 Å². The minimum Gasteiger partial charge on any atom is -0.380 e. The normalized spacial score (nSPS) is 9.94. The molecule has 0 amide bonds. The van der Waals surface area contributed by atoms with Crippen molar-refractivity contribution in [2.45, 2.75) is 6.54 Å². The molecule has 1 heterocycles. The molecule has 1 aromatic carbocycles. The summed E-state index contributed by atoms with van der Waals surface area (Å²) in [6.45, 7) is 0.543. The molecule has 2 rings (SSSR count). The van der Waals surface area contributed by atoms with E-state index in [2.05, 4.69) is 10.3 Å². The average Bonchev–Trinajstić information content (AvgIpc) is 2.74. The molecule has 0 aliphatic carbocycles. The van der Waals surface area contributed by atoms with Gasteiger partial charge in [0, 0.05) is 16.8 Å². The predicted molar refractivity (Wildman–Crippen MR) is 65.6 cm³/mol. The Bertz CT molecular complexity index is 576.